The van der Waals surface area contributed by atoms with Crippen molar-refractivity contribution >= 4 is 11.0 Å². The summed E-state index contributed by atoms with van der Waals surface area (Å²) in [6, 6.07) is 8.91. The molecule has 1 heterocycles. The van der Waals surface area contributed by atoms with Gasteiger partial charge in [-0.15, -0.1) is 0 Å². The van der Waals surface area contributed by atoms with Gasteiger partial charge in [-0.2, -0.15) is 0 Å². The van der Waals surface area contributed by atoms with Gasteiger partial charge in [0.2, 0.25) is 5.43 Å². The van der Waals surface area contributed by atoms with Gasteiger partial charge >= 0.3 is 0 Å². The van der Waals surface area contributed by atoms with E-state index in [-0.39, 0.29) is 29.5 Å². The molecule has 0 unspecified atom stereocenters. The number of methoxy groups -OCH3 is 1. The topological polar surface area (TPSA) is 59.7 Å². The summed E-state index contributed by atoms with van der Waals surface area (Å²) in [6.45, 7) is 3.94. The lowest BCUT2D eigenvalue weighted by atomic mass is 9.95. The molecule has 3 rings (SSSR count). The second-order valence-corrected chi connectivity index (χ2v) is 6.24. The van der Waals surface area contributed by atoms with E-state index in [1.54, 1.807) is 12.1 Å². The molecule has 0 aliphatic heterocycles. The van der Waals surface area contributed by atoms with Crippen molar-refractivity contribution in [2.45, 2.75) is 26.4 Å². The summed E-state index contributed by atoms with van der Waals surface area (Å²) in [6.07, 6.45) is 0. The van der Waals surface area contributed by atoms with Crippen LogP contribution < -0.4 is 5.43 Å². The van der Waals surface area contributed by atoms with Crippen LogP contribution in [0, 0.1) is 5.82 Å². The van der Waals surface area contributed by atoms with E-state index in [9.17, 15) is 14.3 Å². The maximum Gasteiger partial charge on any atom is 0.200 e. The first-order valence-corrected chi connectivity index (χ1v) is 7.99. The van der Waals surface area contributed by atoms with Crippen molar-refractivity contribution in [3.8, 4) is 16.9 Å². The standard InChI is InChI=1S/C20H19FO4/c1-11(2)20-18(12-4-7-16(21)13(8-12)10-24-3)19(23)15-6-5-14(22)9-17(15)25-20/h4-9,11,22H,10H2,1-3H3. The third kappa shape index (κ3) is 3.15. The van der Waals surface area contributed by atoms with Crippen LogP contribution in [0.15, 0.2) is 45.6 Å². The highest BCUT2D eigenvalue weighted by molar-refractivity contribution is 5.84. The molecule has 0 atom stereocenters. The molecule has 130 valence electrons. The first-order chi connectivity index (χ1) is 11.9. The number of ether oxygens (including phenoxy) is 1. The van der Waals surface area contributed by atoms with E-state index in [0.717, 1.165) is 0 Å². The number of phenolic OH excluding ortho intramolecular Hbond substituents is 1. The van der Waals surface area contributed by atoms with Crippen molar-refractivity contribution < 1.29 is 18.7 Å². The van der Waals surface area contributed by atoms with Gasteiger partial charge in [0.05, 0.1) is 17.6 Å². The molecule has 0 fully saturated rings. The molecule has 4 nitrogen and oxygen atoms in total. The molecule has 0 aliphatic carbocycles. The van der Waals surface area contributed by atoms with E-state index in [1.807, 2.05) is 13.8 Å². The van der Waals surface area contributed by atoms with Gasteiger partial charge in [0, 0.05) is 24.7 Å². The number of halogens is 1. The third-order valence-corrected chi connectivity index (χ3v) is 4.06. The fraction of sp³-hybridized carbons (Fsp3) is 0.250. The molecule has 5 heteroatoms. The zero-order valence-corrected chi connectivity index (χ0v) is 14.3. The Labute approximate surface area is 144 Å². The van der Waals surface area contributed by atoms with Crippen LogP contribution in [0.1, 0.15) is 31.1 Å². The molecule has 0 aliphatic rings. The Bertz CT molecular complexity index is 989. The predicted molar refractivity (Wildman–Crippen MR) is 94.3 cm³/mol. The van der Waals surface area contributed by atoms with Crippen LogP contribution in [0.5, 0.6) is 5.75 Å². The number of benzene rings is 2. The predicted octanol–water partition coefficient (Wildman–Crippen LogP) is 4.57. The second-order valence-electron chi connectivity index (χ2n) is 6.24. The smallest absolute Gasteiger partial charge is 0.200 e. The molecule has 3 aromatic rings. The van der Waals surface area contributed by atoms with Gasteiger partial charge in [-0.05, 0) is 29.8 Å². The number of hydrogen-bond acceptors (Lipinski definition) is 4. The molecule has 0 amide bonds. The highest BCUT2D eigenvalue weighted by Crippen LogP contribution is 2.31. The Morgan fingerprint density at radius 2 is 1.96 bits per heavy atom. The molecule has 0 spiro atoms. The third-order valence-electron chi connectivity index (χ3n) is 4.06. The molecule has 1 aromatic heterocycles. The van der Waals surface area contributed by atoms with Crippen LogP contribution in [-0.4, -0.2) is 12.2 Å². The lowest BCUT2D eigenvalue weighted by molar-refractivity contribution is 0.181. The average Bonchev–Trinajstić information content (AvgIpc) is 2.56. The summed E-state index contributed by atoms with van der Waals surface area (Å²) in [5.41, 5.74) is 1.49. The fourth-order valence-electron chi connectivity index (χ4n) is 2.88. The van der Waals surface area contributed by atoms with E-state index in [0.29, 0.717) is 33.4 Å². The minimum absolute atomic E-state index is 0.0299. The normalized spacial score (nSPS) is 11.4. The lowest BCUT2D eigenvalue weighted by Crippen LogP contribution is -2.10. The summed E-state index contributed by atoms with van der Waals surface area (Å²) < 4.78 is 24.9. The average molecular weight is 342 g/mol. The Hall–Kier alpha value is -2.66. The van der Waals surface area contributed by atoms with Crippen LogP contribution in [0.2, 0.25) is 0 Å². The van der Waals surface area contributed by atoms with Crippen LogP contribution in [0.4, 0.5) is 4.39 Å². The zero-order valence-electron chi connectivity index (χ0n) is 14.3. The first kappa shape index (κ1) is 17.2. The quantitative estimate of drug-likeness (QED) is 0.754. The zero-order chi connectivity index (χ0) is 18.1. The van der Waals surface area contributed by atoms with Crippen molar-refractivity contribution in [3.05, 3.63) is 63.8 Å². The molecular weight excluding hydrogens is 323 g/mol. The number of aromatic hydroxyl groups is 1. The van der Waals surface area contributed by atoms with Crippen LogP contribution in [0.25, 0.3) is 22.1 Å². The molecular formula is C20H19FO4. The van der Waals surface area contributed by atoms with Crippen molar-refractivity contribution in [3.63, 3.8) is 0 Å². The van der Waals surface area contributed by atoms with Crippen molar-refractivity contribution in [2.24, 2.45) is 0 Å². The Kier molecular flexibility index (Phi) is 4.59. The Balaban J connectivity index is 2.33. The highest BCUT2D eigenvalue weighted by Gasteiger charge is 2.20. The molecule has 0 bridgehead atoms. The summed E-state index contributed by atoms with van der Waals surface area (Å²) >= 11 is 0. The number of phenols is 1. The second kappa shape index (κ2) is 6.69. The molecule has 0 radical (unpaired) electrons. The first-order valence-electron chi connectivity index (χ1n) is 7.99. The van der Waals surface area contributed by atoms with E-state index in [2.05, 4.69) is 0 Å². The molecule has 0 saturated heterocycles. The highest BCUT2D eigenvalue weighted by atomic mass is 19.1. The van der Waals surface area contributed by atoms with Crippen LogP contribution in [-0.2, 0) is 11.3 Å². The van der Waals surface area contributed by atoms with Crippen molar-refractivity contribution in [2.75, 3.05) is 7.11 Å². The van der Waals surface area contributed by atoms with E-state index < -0.39 is 0 Å². The summed E-state index contributed by atoms with van der Waals surface area (Å²) in [5, 5.41) is 10.0. The summed E-state index contributed by atoms with van der Waals surface area (Å²) in [4.78, 5) is 13.1. The van der Waals surface area contributed by atoms with Gasteiger partial charge < -0.3 is 14.3 Å². The van der Waals surface area contributed by atoms with Crippen LogP contribution in [0.3, 0.4) is 0 Å². The SMILES string of the molecule is COCc1cc(-c2c(C(C)C)oc3cc(O)ccc3c2=O)ccc1F. The maximum absolute atomic E-state index is 13.9. The van der Waals surface area contributed by atoms with Gasteiger partial charge in [0.15, 0.2) is 0 Å². The fourth-order valence-corrected chi connectivity index (χ4v) is 2.88. The van der Waals surface area contributed by atoms with Crippen molar-refractivity contribution in [1.82, 2.24) is 0 Å². The number of rotatable bonds is 4. The van der Waals surface area contributed by atoms with Crippen molar-refractivity contribution in [1.29, 1.82) is 0 Å². The van der Waals surface area contributed by atoms with E-state index in [1.165, 1.54) is 31.4 Å². The largest absolute Gasteiger partial charge is 0.508 e. The molecule has 1 N–H and O–H groups in total. The van der Waals surface area contributed by atoms with Gasteiger partial charge in [-0.25, -0.2) is 4.39 Å². The number of hydrogen-bond donors (Lipinski definition) is 1. The Morgan fingerprint density at radius 3 is 2.64 bits per heavy atom. The van der Waals surface area contributed by atoms with Gasteiger partial charge in [0.25, 0.3) is 0 Å². The monoisotopic (exact) mass is 342 g/mol. The molecule has 25 heavy (non-hydrogen) atoms. The molecule has 2 aromatic carbocycles. The van der Waals surface area contributed by atoms with Crippen LogP contribution >= 0.6 is 0 Å². The molecule has 0 saturated carbocycles. The van der Waals surface area contributed by atoms with Gasteiger partial charge in [-0.3, -0.25) is 4.79 Å². The minimum atomic E-state index is -0.383. The Morgan fingerprint density at radius 1 is 1.20 bits per heavy atom. The van der Waals surface area contributed by atoms with E-state index >= 15 is 0 Å². The lowest BCUT2D eigenvalue weighted by Gasteiger charge is -2.14. The minimum Gasteiger partial charge on any atom is -0.508 e. The van der Waals surface area contributed by atoms with E-state index in [4.69, 9.17) is 9.15 Å². The summed E-state index contributed by atoms with van der Waals surface area (Å²) in [7, 11) is 1.49. The van der Waals surface area contributed by atoms with Gasteiger partial charge in [0.1, 0.15) is 22.9 Å². The van der Waals surface area contributed by atoms with Gasteiger partial charge in [-0.1, -0.05) is 19.9 Å². The maximum atomic E-state index is 13.9. The summed E-state index contributed by atoms with van der Waals surface area (Å²) in [5.74, 6) is 0.0810. The number of fused-ring (bicyclic) bond motifs is 1.